The zero-order valence-corrected chi connectivity index (χ0v) is 12.4. The summed E-state index contributed by atoms with van der Waals surface area (Å²) >= 11 is 5.82. The Balaban J connectivity index is 2.02. The molecule has 0 saturated heterocycles. The summed E-state index contributed by atoms with van der Waals surface area (Å²) in [7, 11) is 0. The third-order valence-electron chi connectivity index (χ3n) is 4.10. The molecule has 0 aliphatic heterocycles. The van der Waals surface area contributed by atoms with Gasteiger partial charge < -0.3 is 10.4 Å². The van der Waals surface area contributed by atoms with Gasteiger partial charge in [0.25, 0.3) is 0 Å². The van der Waals surface area contributed by atoms with Crippen molar-refractivity contribution in [3.05, 3.63) is 34.9 Å². The molecule has 1 saturated carbocycles. The van der Waals surface area contributed by atoms with Crippen LogP contribution in [0.3, 0.4) is 0 Å². The number of rotatable bonds is 4. The van der Waals surface area contributed by atoms with E-state index in [-0.39, 0.29) is 11.9 Å². The second-order valence-electron chi connectivity index (χ2n) is 5.90. The molecule has 0 unspecified atom stereocenters. The van der Waals surface area contributed by atoms with Crippen LogP contribution in [0.4, 0.5) is 0 Å². The number of amides is 1. The average molecular weight is 296 g/mol. The summed E-state index contributed by atoms with van der Waals surface area (Å²) in [5.74, 6) is -2.17. The molecule has 5 heteroatoms. The van der Waals surface area contributed by atoms with Gasteiger partial charge >= 0.3 is 5.97 Å². The first-order chi connectivity index (χ1) is 9.25. The van der Waals surface area contributed by atoms with Gasteiger partial charge in [0.2, 0.25) is 5.91 Å². The van der Waals surface area contributed by atoms with Crippen LogP contribution in [-0.4, -0.2) is 17.0 Å². The molecule has 0 spiro atoms. The van der Waals surface area contributed by atoms with Crippen LogP contribution in [0.15, 0.2) is 24.3 Å². The largest absolute Gasteiger partial charge is 0.481 e. The Labute approximate surface area is 123 Å². The minimum atomic E-state index is -0.908. The average Bonchev–Trinajstić information content (AvgIpc) is 2.93. The monoisotopic (exact) mass is 295 g/mol. The van der Waals surface area contributed by atoms with Gasteiger partial charge in [-0.15, -0.1) is 0 Å². The minimum Gasteiger partial charge on any atom is -0.481 e. The molecule has 1 fully saturated rings. The first kappa shape index (κ1) is 14.9. The fraction of sp³-hybridized carbons (Fsp3) is 0.467. The van der Waals surface area contributed by atoms with Crippen LogP contribution in [0, 0.1) is 17.3 Å². The second kappa shape index (κ2) is 5.09. The highest BCUT2D eigenvalue weighted by atomic mass is 35.5. The maximum absolute atomic E-state index is 12.2. The van der Waals surface area contributed by atoms with E-state index in [1.54, 1.807) is 12.1 Å². The van der Waals surface area contributed by atoms with E-state index in [0.717, 1.165) is 5.56 Å². The quantitative estimate of drug-likeness (QED) is 0.897. The van der Waals surface area contributed by atoms with E-state index >= 15 is 0 Å². The van der Waals surface area contributed by atoms with E-state index in [0.29, 0.717) is 5.02 Å². The molecule has 1 aromatic carbocycles. The lowest BCUT2D eigenvalue weighted by molar-refractivity contribution is -0.140. The van der Waals surface area contributed by atoms with E-state index in [9.17, 15) is 9.59 Å². The molecule has 0 radical (unpaired) electrons. The maximum Gasteiger partial charge on any atom is 0.307 e. The summed E-state index contributed by atoms with van der Waals surface area (Å²) < 4.78 is 0. The van der Waals surface area contributed by atoms with Crippen LogP contribution >= 0.6 is 11.6 Å². The summed E-state index contributed by atoms with van der Waals surface area (Å²) in [6, 6.07) is 7.05. The van der Waals surface area contributed by atoms with Gasteiger partial charge in [0.1, 0.15) is 0 Å². The number of benzene rings is 1. The van der Waals surface area contributed by atoms with Crippen molar-refractivity contribution in [3.63, 3.8) is 0 Å². The molecule has 4 nitrogen and oxygen atoms in total. The van der Waals surface area contributed by atoms with E-state index < -0.39 is 23.2 Å². The number of aliphatic carboxylic acids is 1. The number of carboxylic acid groups (broad SMARTS) is 1. The lowest BCUT2D eigenvalue weighted by atomic mass is 10.1. The molecule has 1 aliphatic carbocycles. The number of hydrogen-bond acceptors (Lipinski definition) is 2. The van der Waals surface area contributed by atoms with Gasteiger partial charge in [0.05, 0.1) is 17.9 Å². The van der Waals surface area contributed by atoms with Crippen LogP contribution < -0.4 is 5.32 Å². The second-order valence-corrected chi connectivity index (χ2v) is 6.33. The SMILES string of the molecule is C[C@@H](NC(=O)[C@H]1[C@@H](C(=O)O)C1(C)C)c1ccc(Cl)cc1. The van der Waals surface area contributed by atoms with Crippen molar-refractivity contribution in [1.29, 1.82) is 0 Å². The Morgan fingerprint density at radius 2 is 1.80 bits per heavy atom. The molecule has 1 aromatic rings. The van der Waals surface area contributed by atoms with Crippen molar-refractivity contribution in [1.82, 2.24) is 5.32 Å². The number of carbonyl (C=O) groups is 2. The predicted molar refractivity (Wildman–Crippen MR) is 76.4 cm³/mol. The molecule has 1 aliphatic rings. The van der Waals surface area contributed by atoms with E-state index in [2.05, 4.69) is 5.32 Å². The lowest BCUT2D eigenvalue weighted by Crippen LogP contribution is -2.29. The fourth-order valence-corrected chi connectivity index (χ4v) is 2.85. The van der Waals surface area contributed by atoms with Crippen LogP contribution in [0.2, 0.25) is 5.02 Å². The number of halogens is 1. The van der Waals surface area contributed by atoms with Gasteiger partial charge in [-0.2, -0.15) is 0 Å². The molecule has 108 valence electrons. The number of hydrogen-bond donors (Lipinski definition) is 2. The van der Waals surface area contributed by atoms with Crippen molar-refractivity contribution in [2.75, 3.05) is 0 Å². The van der Waals surface area contributed by atoms with Gasteiger partial charge in [0.15, 0.2) is 0 Å². The maximum atomic E-state index is 12.2. The molecule has 3 atom stereocenters. The normalized spacial score (nSPS) is 24.8. The standard InChI is InChI=1S/C15H18ClNO3/c1-8(9-4-6-10(16)7-5-9)17-13(18)11-12(14(19)20)15(11,2)3/h4-8,11-12H,1-3H3,(H,17,18)(H,19,20)/t8-,11-,12+/m1/s1. The number of carbonyl (C=O) groups excluding carboxylic acids is 1. The summed E-state index contributed by atoms with van der Waals surface area (Å²) in [5, 5.41) is 12.6. The summed E-state index contributed by atoms with van der Waals surface area (Å²) in [6.07, 6.45) is 0. The number of carboxylic acids is 1. The summed E-state index contributed by atoms with van der Waals surface area (Å²) in [4.78, 5) is 23.3. The van der Waals surface area contributed by atoms with Crippen LogP contribution in [0.1, 0.15) is 32.4 Å². The first-order valence-corrected chi connectivity index (χ1v) is 6.91. The van der Waals surface area contributed by atoms with Crippen LogP contribution in [0.25, 0.3) is 0 Å². The molecule has 20 heavy (non-hydrogen) atoms. The highest BCUT2D eigenvalue weighted by Gasteiger charge is 2.65. The van der Waals surface area contributed by atoms with E-state index in [4.69, 9.17) is 16.7 Å². The highest BCUT2D eigenvalue weighted by molar-refractivity contribution is 6.30. The van der Waals surface area contributed by atoms with E-state index in [1.165, 1.54) is 0 Å². The Bertz CT molecular complexity index is 539. The summed E-state index contributed by atoms with van der Waals surface area (Å²) in [6.45, 7) is 5.48. The van der Waals surface area contributed by atoms with Crippen molar-refractivity contribution in [2.45, 2.75) is 26.8 Å². The Kier molecular flexibility index (Phi) is 3.78. The minimum absolute atomic E-state index is 0.175. The van der Waals surface area contributed by atoms with Crippen molar-refractivity contribution in [3.8, 4) is 0 Å². The molecule has 2 N–H and O–H groups in total. The van der Waals surface area contributed by atoms with Gasteiger partial charge in [-0.3, -0.25) is 9.59 Å². The summed E-state index contributed by atoms with van der Waals surface area (Å²) in [5.41, 5.74) is 0.461. The van der Waals surface area contributed by atoms with Crippen LogP contribution in [-0.2, 0) is 9.59 Å². The van der Waals surface area contributed by atoms with E-state index in [1.807, 2.05) is 32.9 Å². The molecular weight excluding hydrogens is 278 g/mol. The lowest BCUT2D eigenvalue weighted by Gasteiger charge is -2.15. The fourth-order valence-electron chi connectivity index (χ4n) is 2.73. The first-order valence-electron chi connectivity index (χ1n) is 6.53. The van der Waals surface area contributed by atoms with Gasteiger partial charge in [-0.25, -0.2) is 0 Å². The molecule has 0 aromatic heterocycles. The van der Waals surface area contributed by atoms with Crippen molar-refractivity contribution >= 4 is 23.5 Å². The molecule has 0 bridgehead atoms. The smallest absolute Gasteiger partial charge is 0.307 e. The van der Waals surface area contributed by atoms with Gasteiger partial charge in [0, 0.05) is 5.02 Å². The number of nitrogens with one attached hydrogen (secondary N) is 1. The Morgan fingerprint density at radius 3 is 2.25 bits per heavy atom. The van der Waals surface area contributed by atoms with Crippen LogP contribution in [0.5, 0.6) is 0 Å². The zero-order chi connectivity index (χ0) is 15.1. The zero-order valence-electron chi connectivity index (χ0n) is 11.7. The molecule has 0 heterocycles. The third kappa shape index (κ3) is 2.66. The molecule has 1 amide bonds. The predicted octanol–water partition coefficient (Wildman–Crippen LogP) is 2.87. The highest BCUT2D eigenvalue weighted by Crippen LogP contribution is 2.58. The topological polar surface area (TPSA) is 66.4 Å². The van der Waals surface area contributed by atoms with Gasteiger partial charge in [-0.1, -0.05) is 37.6 Å². The van der Waals surface area contributed by atoms with Crippen molar-refractivity contribution < 1.29 is 14.7 Å². The Hall–Kier alpha value is -1.55. The third-order valence-corrected chi connectivity index (χ3v) is 4.36. The Morgan fingerprint density at radius 1 is 1.25 bits per heavy atom. The van der Waals surface area contributed by atoms with Crippen molar-refractivity contribution in [2.24, 2.45) is 17.3 Å². The molecule has 2 rings (SSSR count). The van der Waals surface area contributed by atoms with Gasteiger partial charge in [-0.05, 0) is 30.0 Å². The molecular formula is C15H18ClNO3.